The highest BCUT2D eigenvalue weighted by Crippen LogP contribution is 2.24. The summed E-state index contributed by atoms with van der Waals surface area (Å²) in [6, 6.07) is 3.88. The molecule has 21 heavy (non-hydrogen) atoms. The Bertz CT molecular complexity index is 566. The molecule has 0 aromatic carbocycles. The summed E-state index contributed by atoms with van der Waals surface area (Å²) in [7, 11) is 2.03. The molecule has 5 nitrogen and oxygen atoms in total. The van der Waals surface area contributed by atoms with E-state index in [2.05, 4.69) is 41.0 Å². The van der Waals surface area contributed by atoms with Crippen LogP contribution in [0.2, 0.25) is 0 Å². The molecule has 0 aliphatic heterocycles. The minimum atomic E-state index is 0.696. The average Bonchev–Trinajstić information content (AvgIpc) is 2.99. The molecule has 0 unspecified atom stereocenters. The normalized spacial score (nSPS) is 10.7. The second-order valence-corrected chi connectivity index (χ2v) is 5.15. The minimum Gasteiger partial charge on any atom is -0.467 e. The van der Waals surface area contributed by atoms with E-state index in [4.69, 9.17) is 4.42 Å². The Kier molecular flexibility index (Phi) is 5.20. The number of aryl methyl sites for hydroxylation is 1. The van der Waals surface area contributed by atoms with Crippen LogP contribution in [0.4, 0.5) is 11.6 Å². The van der Waals surface area contributed by atoms with Crippen LogP contribution in [0.25, 0.3) is 0 Å². The predicted octanol–water partition coefficient (Wildman–Crippen LogP) is 3.40. The van der Waals surface area contributed by atoms with E-state index in [1.165, 1.54) is 0 Å². The van der Waals surface area contributed by atoms with Gasteiger partial charge in [-0.3, -0.25) is 0 Å². The summed E-state index contributed by atoms with van der Waals surface area (Å²) in [6.07, 6.45) is 3.59. The van der Waals surface area contributed by atoms with Crippen molar-refractivity contribution >= 4 is 11.6 Å². The van der Waals surface area contributed by atoms with Crippen molar-refractivity contribution in [3.63, 3.8) is 0 Å². The zero-order chi connectivity index (χ0) is 15.2. The van der Waals surface area contributed by atoms with Gasteiger partial charge in [0, 0.05) is 25.6 Å². The van der Waals surface area contributed by atoms with E-state index >= 15 is 0 Å². The predicted molar refractivity (Wildman–Crippen MR) is 85.7 cm³/mol. The van der Waals surface area contributed by atoms with Crippen LogP contribution < -0.4 is 10.2 Å². The molecule has 0 fully saturated rings. The van der Waals surface area contributed by atoms with Gasteiger partial charge in [0.1, 0.15) is 23.2 Å². The third-order valence-electron chi connectivity index (χ3n) is 3.36. The first-order valence-corrected chi connectivity index (χ1v) is 7.50. The van der Waals surface area contributed by atoms with Crippen LogP contribution in [0, 0.1) is 6.92 Å². The van der Waals surface area contributed by atoms with Crippen LogP contribution in [0.3, 0.4) is 0 Å². The van der Waals surface area contributed by atoms with Crippen molar-refractivity contribution < 1.29 is 4.42 Å². The second kappa shape index (κ2) is 7.11. The Morgan fingerprint density at radius 1 is 1.29 bits per heavy atom. The number of hydrogen-bond acceptors (Lipinski definition) is 5. The van der Waals surface area contributed by atoms with Crippen molar-refractivity contribution in [1.29, 1.82) is 0 Å². The molecule has 0 radical (unpaired) electrons. The summed E-state index contributed by atoms with van der Waals surface area (Å²) in [4.78, 5) is 11.4. The van der Waals surface area contributed by atoms with Gasteiger partial charge in [-0.2, -0.15) is 0 Å². The first-order valence-electron chi connectivity index (χ1n) is 7.50. The highest BCUT2D eigenvalue weighted by atomic mass is 16.3. The molecule has 2 rings (SSSR count). The number of hydrogen-bond donors (Lipinski definition) is 1. The standard InChI is InChI=1S/C16H24N4O/c1-5-9-17-15-12(3)16(19-14(6-2)18-15)20(4)11-13-8-7-10-21-13/h7-8,10H,5-6,9,11H2,1-4H3,(H,17,18,19). The molecule has 1 N–H and O–H groups in total. The lowest BCUT2D eigenvalue weighted by molar-refractivity contribution is 0.506. The largest absolute Gasteiger partial charge is 0.467 e. The fourth-order valence-electron chi connectivity index (χ4n) is 2.21. The fraction of sp³-hybridized carbons (Fsp3) is 0.500. The van der Waals surface area contributed by atoms with Crippen molar-refractivity contribution in [3.8, 4) is 0 Å². The first-order chi connectivity index (χ1) is 10.2. The molecular weight excluding hydrogens is 264 g/mol. The zero-order valence-electron chi connectivity index (χ0n) is 13.3. The number of anilines is 2. The molecular formula is C16H24N4O. The summed E-state index contributed by atoms with van der Waals surface area (Å²) in [5.74, 6) is 3.68. The molecule has 2 heterocycles. The summed E-state index contributed by atoms with van der Waals surface area (Å²) in [6.45, 7) is 7.90. The van der Waals surface area contributed by atoms with Gasteiger partial charge in [0.2, 0.25) is 0 Å². The topological polar surface area (TPSA) is 54.2 Å². The van der Waals surface area contributed by atoms with Gasteiger partial charge in [0.15, 0.2) is 0 Å². The van der Waals surface area contributed by atoms with Crippen LogP contribution in [0.5, 0.6) is 0 Å². The number of nitrogens with one attached hydrogen (secondary N) is 1. The maximum absolute atomic E-state index is 5.42. The number of nitrogens with zero attached hydrogens (tertiary/aromatic N) is 3. The van der Waals surface area contributed by atoms with Crippen molar-refractivity contribution in [2.24, 2.45) is 0 Å². The van der Waals surface area contributed by atoms with Crippen LogP contribution >= 0.6 is 0 Å². The summed E-state index contributed by atoms with van der Waals surface area (Å²) >= 11 is 0. The van der Waals surface area contributed by atoms with Gasteiger partial charge >= 0.3 is 0 Å². The molecule has 0 atom stereocenters. The smallest absolute Gasteiger partial charge is 0.137 e. The SMILES string of the molecule is CCCNc1nc(CC)nc(N(C)Cc2ccco2)c1C. The van der Waals surface area contributed by atoms with Gasteiger partial charge in [-0.05, 0) is 25.5 Å². The van der Waals surface area contributed by atoms with Gasteiger partial charge < -0.3 is 14.6 Å². The maximum atomic E-state index is 5.42. The Morgan fingerprint density at radius 3 is 2.71 bits per heavy atom. The van der Waals surface area contributed by atoms with Gasteiger partial charge in [0.05, 0.1) is 12.8 Å². The molecule has 0 aliphatic carbocycles. The zero-order valence-corrected chi connectivity index (χ0v) is 13.3. The Labute approximate surface area is 126 Å². The van der Waals surface area contributed by atoms with E-state index in [1.54, 1.807) is 6.26 Å². The maximum Gasteiger partial charge on any atom is 0.137 e. The van der Waals surface area contributed by atoms with E-state index in [1.807, 2.05) is 19.2 Å². The summed E-state index contributed by atoms with van der Waals surface area (Å²) < 4.78 is 5.42. The van der Waals surface area contributed by atoms with Crippen LogP contribution in [-0.2, 0) is 13.0 Å². The van der Waals surface area contributed by atoms with Gasteiger partial charge in [-0.25, -0.2) is 9.97 Å². The molecule has 0 aliphatic rings. The molecule has 114 valence electrons. The monoisotopic (exact) mass is 288 g/mol. The minimum absolute atomic E-state index is 0.696. The van der Waals surface area contributed by atoms with Gasteiger partial charge in [0.25, 0.3) is 0 Å². The Hall–Kier alpha value is -2.04. The molecule has 0 spiro atoms. The highest BCUT2D eigenvalue weighted by molar-refractivity contribution is 5.58. The van der Waals surface area contributed by atoms with Gasteiger partial charge in [-0.15, -0.1) is 0 Å². The quantitative estimate of drug-likeness (QED) is 0.846. The molecule has 2 aromatic heterocycles. The summed E-state index contributed by atoms with van der Waals surface area (Å²) in [5.41, 5.74) is 1.08. The van der Waals surface area contributed by atoms with Crippen molar-refractivity contribution in [2.75, 3.05) is 23.8 Å². The van der Waals surface area contributed by atoms with Crippen molar-refractivity contribution in [1.82, 2.24) is 9.97 Å². The lowest BCUT2D eigenvalue weighted by atomic mass is 10.2. The summed E-state index contributed by atoms with van der Waals surface area (Å²) in [5, 5.41) is 3.39. The number of furan rings is 1. The molecule has 0 saturated carbocycles. The van der Waals surface area contributed by atoms with Gasteiger partial charge in [-0.1, -0.05) is 13.8 Å². The van der Waals surface area contributed by atoms with Crippen LogP contribution in [0.1, 0.15) is 37.4 Å². The third-order valence-corrected chi connectivity index (χ3v) is 3.36. The van der Waals surface area contributed by atoms with E-state index in [0.29, 0.717) is 6.54 Å². The molecule has 0 bridgehead atoms. The molecule has 5 heteroatoms. The number of rotatable bonds is 7. The van der Waals surface area contributed by atoms with Crippen LogP contribution in [0.15, 0.2) is 22.8 Å². The average molecular weight is 288 g/mol. The number of aromatic nitrogens is 2. The fourth-order valence-corrected chi connectivity index (χ4v) is 2.21. The van der Waals surface area contributed by atoms with E-state index in [0.717, 1.165) is 48.2 Å². The molecule has 0 saturated heterocycles. The Morgan fingerprint density at radius 2 is 2.10 bits per heavy atom. The second-order valence-electron chi connectivity index (χ2n) is 5.15. The highest BCUT2D eigenvalue weighted by Gasteiger charge is 2.14. The van der Waals surface area contributed by atoms with Crippen LogP contribution in [-0.4, -0.2) is 23.6 Å². The van der Waals surface area contributed by atoms with E-state index < -0.39 is 0 Å². The van der Waals surface area contributed by atoms with Crippen molar-refractivity contribution in [3.05, 3.63) is 35.5 Å². The molecule has 0 amide bonds. The Balaban J connectivity index is 2.27. The van der Waals surface area contributed by atoms with E-state index in [-0.39, 0.29) is 0 Å². The lowest BCUT2D eigenvalue weighted by Gasteiger charge is -2.21. The van der Waals surface area contributed by atoms with Crippen molar-refractivity contribution in [2.45, 2.75) is 40.2 Å². The lowest BCUT2D eigenvalue weighted by Crippen LogP contribution is -2.21. The molecule has 2 aromatic rings. The third kappa shape index (κ3) is 3.74. The van der Waals surface area contributed by atoms with E-state index in [9.17, 15) is 0 Å². The first kappa shape index (κ1) is 15.4.